The molecule has 0 spiro atoms. The number of aromatic nitrogens is 4. The minimum Gasteiger partial charge on any atom is -0.444 e. The molecule has 4 rings (SSSR count). The van der Waals surface area contributed by atoms with E-state index in [1.54, 1.807) is 27.0 Å². The van der Waals surface area contributed by atoms with Gasteiger partial charge >= 0.3 is 6.09 Å². The molecule has 1 saturated carbocycles. The van der Waals surface area contributed by atoms with E-state index >= 15 is 0 Å². The number of hydrogen-bond acceptors (Lipinski definition) is 6. The molecule has 1 saturated heterocycles. The van der Waals surface area contributed by atoms with Gasteiger partial charge in [0.15, 0.2) is 0 Å². The van der Waals surface area contributed by atoms with E-state index in [-0.39, 0.29) is 12.0 Å². The number of likely N-dealkylation sites (tertiary alicyclic amines) is 1. The number of fused-ring (bicyclic) bond motifs is 1. The third-order valence-electron chi connectivity index (χ3n) is 6.32. The first kappa shape index (κ1) is 22.2. The number of nitrogens with one attached hydrogen (secondary N) is 1. The summed E-state index contributed by atoms with van der Waals surface area (Å²) in [5.74, 6) is 1.30. The third kappa shape index (κ3) is 4.36. The highest BCUT2D eigenvalue weighted by atomic mass is 79.9. The number of ether oxygens (including phenoxy) is 1. The molecule has 0 radical (unpaired) electrons. The molecule has 10 heteroatoms. The van der Waals surface area contributed by atoms with E-state index in [9.17, 15) is 9.18 Å². The van der Waals surface area contributed by atoms with Crippen LogP contribution in [-0.2, 0) is 10.2 Å². The predicted octanol–water partition coefficient (Wildman–Crippen LogP) is 4.48. The Hall–Kier alpha value is -1.97. The number of piperidine rings is 1. The second kappa shape index (κ2) is 8.18. The topological polar surface area (TPSA) is 84.7 Å². The van der Waals surface area contributed by atoms with Crippen LogP contribution in [0.3, 0.4) is 0 Å². The zero-order valence-electron chi connectivity index (χ0n) is 18.5. The van der Waals surface area contributed by atoms with Crippen LogP contribution in [0.4, 0.5) is 15.1 Å². The maximum Gasteiger partial charge on any atom is 0.410 e. The molecule has 8 nitrogen and oxygen atoms in total. The van der Waals surface area contributed by atoms with Crippen molar-refractivity contribution in [2.75, 3.05) is 18.4 Å². The molecule has 2 aromatic heterocycles. The van der Waals surface area contributed by atoms with E-state index in [0.29, 0.717) is 18.9 Å². The van der Waals surface area contributed by atoms with Crippen molar-refractivity contribution in [3.63, 3.8) is 0 Å². The molecule has 0 unspecified atom stereocenters. The van der Waals surface area contributed by atoms with Gasteiger partial charge in [-0.3, -0.25) is 0 Å². The Labute approximate surface area is 190 Å². The molecular weight excluding hydrogens is 467 g/mol. The number of hydrogen-bond donors (Lipinski definition) is 1. The number of anilines is 1. The Kier molecular flexibility index (Phi) is 5.87. The smallest absolute Gasteiger partial charge is 0.410 e. The SMILES string of the molecule is CCC1(c2nc(Br)c3cnc(N[C@@H]4CCN(C(=O)OC(C)(C)C)C[C@H]4F)nn23)CCC1. The first-order valence-electron chi connectivity index (χ1n) is 10.9. The zero-order valence-corrected chi connectivity index (χ0v) is 20.1. The van der Waals surface area contributed by atoms with Gasteiger partial charge in [-0.1, -0.05) is 13.3 Å². The Morgan fingerprint density at radius 1 is 1.42 bits per heavy atom. The highest BCUT2D eigenvalue weighted by Gasteiger charge is 2.41. The molecular formula is C21H30BrFN6O2. The predicted molar refractivity (Wildman–Crippen MR) is 119 cm³/mol. The zero-order chi connectivity index (χ0) is 22.4. The molecule has 170 valence electrons. The number of alkyl halides is 1. The van der Waals surface area contributed by atoms with Crippen molar-refractivity contribution in [3.05, 3.63) is 16.6 Å². The van der Waals surface area contributed by atoms with Crippen LogP contribution in [0.15, 0.2) is 10.8 Å². The quantitative estimate of drug-likeness (QED) is 0.671. The molecule has 0 aromatic carbocycles. The van der Waals surface area contributed by atoms with Crippen LogP contribution in [0.1, 0.15) is 65.6 Å². The number of amides is 1. The maximum atomic E-state index is 14.9. The Bertz CT molecular complexity index is 965. The van der Waals surface area contributed by atoms with Crippen LogP contribution in [0, 0.1) is 0 Å². The molecule has 1 aliphatic heterocycles. The second-order valence-electron chi connectivity index (χ2n) is 9.57. The van der Waals surface area contributed by atoms with Gasteiger partial charge in [-0.05, 0) is 62.4 Å². The van der Waals surface area contributed by atoms with Crippen molar-refractivity contribution in [3.8, 4) is 0 Å². The van der Waals surface area contributed by atoms with Gasteiger partial charge in [-0.25, -0.2) is 23.7 Å². The molecule has 1 aliphatic carbocycles. The van der Waals surface area contributed by atoms with Crippen molar-refractivity contribution in [2.45, 2.75) is 83.0 Å². The van der Waals surface area contributed by atoms with E-state index in [0.717, 1.165) is 35.2 Å². The van der Waals surface area contributed by atoms with E-state index in [1.807, 2.05) is 4.52 Å². The van der Waals surface area contributed by atoms with E-state index in [4.69, 9.17) is 9.72 Å². The summed E-state index contributed by atoms with van der Waals surface area (Å²) in [5.41, 5.74) is 0.243. The summed E-state index contributed by atoms with van der Waals surface area (Å²) in [6.45, 7) is 7.98. The lowest BCUT2D eigenvalue weighted by atomic mass is 9.66. The normalized spacial score (nSPS) is 23.5. The molecule has 2 aliphatic rings. The number of carbonyl (C=O) groups is 1. The minimum atomic E-state index is -1.25. The van der Waals surface area contributed by atoms with Gasteiger partial charge in [0.05, 0.1) is 18.8 Å². The summed E-state index contributed by atoms with van der Waals surface area (Å²) in [6, 6.07) is -0.476. The van der Waals surface area contributed by atoms with Crippen molar-refractivity contribution < 1.29 is 13.9 Å². The summed E-state index contributed by atoms with van der Waals surface area (Å²) in [7, 11) is 0. The fourth-order valence-electron chi connectivity index (χ4n) is 4.32. The maximum absolute atomic E-state index is 14.9. The Morgan fingerprint density at radius 3 is 2.74 bits per heavy atom. The fourth-order valence-corrected chi connectivity index (χ4v) is 4.76. The largest absolute Gasteiger partial charge is 0.444 e. The van der Waals surface area contributed by atoms with E-state index in [2.05, 4.69) is 38.3 Å². The van der Waals surface area contributed by atoms with Crippen molar-refractivity contribution in [1.82, 2.24) is 24.5 Å². The van der Waals surface area contributed by atoms with Crippen LogP contribution in [-0.4, -0.2) is 61.5 Å². The average molecular weight is 497 g/mol. The highest BCUT2D eigenvalue weighted by molar-refractivity contribution is 9.10. The molecule has 31 heavy (non-hydrogen) atoms. The minimum absolute atomic E-state index is 0.0182. The molecule has 2 aromatic rings. The van der Waals surface area contributed by atoms with E-state index in [1.165, 1.54) is 11.3 Å². The molecule has 1 amide bonds. The molecule has 0 bridgehead atoms. The summed E-state index contributed by atoms with van der Waals surface area (Å²) >= 11 is 3.52. The number of rotatable bonds is 4. The first-order chi connectivity index (χ1) is 14.6. The summed E-state index contributed by atoms with van der Waals surface area (Å²) in [4.78, 5) is 22.8. The molecule has 1 N–H and O–H groups in total. The molecule has 2 fully saturated rings. The Balaban J connectivity index is 1.49. The van der Waals surface area contributed by atoms with Crippen LogP contribution >= 0.6 is 15.9 Å². The van der Waals surface area contributed by atoms with Crippen LogP contribution < -0.4 is 5.32 Å². The van der Waals surface area contributed by atoms with Gasteiger partial charge in [0.1, 0.15) is 27.7 Å². The van der Waals surface area contributed by atoms with Gasteiger partial charge in [0, 0.05) is 12.0 Å². The number of carbonyl (C=O) groups excluding carboxylic acids is 1. The van der Waals surface area contributed by atoms with Crippen LogP contribution in [0.25, 0.3) is 5.52 Å². The molecule has 2 atom stereocenters. The molecule has 3 heterocycles. The van der Waals surface area contributed by atoms with E-state index < -0.39 is 23.9 Å². The number of nitrogens with zero attached hydrogens (tertiary/aromatic N) is 5. The van der Waals surface area contributed by atoms with Crippen molar-refractivity contribution in [2.24, 2.45) is 0 Å². The lowest BCUT2D eigenvalue weighted by Gasteiger charge is -2.39. The Morgan fingerprint density at radius 2 is 2.16 bits per heavy atom. The summed E-state index contributed by atoms with van der Waals surface area (Å²) in [6.07, 6.45) is 4.81. The summed E-state index contributed by atoms with van der Waals surface area (Å²) < 4.78 is 22.8. The van der Waals surface area contributed by atoms with Gasteiger partial charge in [-0.15, -0.1) is 5.10 Å². The second-order valence-corrected chi connectivity index (χ2v) is 10.3. The van der Waals surface area contributed by atoms with Gasteiger partial charge < -0.3 is 15.0 Å². The lowest BCUT2D eigenvalue weighted by molar-refractivity contribution is 0.0125. The van der Waals surface area contributed by atoms with Crippen LogP contribution in [0.5, 0.6) is 0 Å². The van der Waals surface area contributed by atoms with Crippen LogP contribution in [0.2, 0.25) is 0 Å². The average Bonchev–Trinajstić information content (AvgIpc) is 2.98. The number of imidazole rings is 1. The standard InChI is InChI=1S/C21H30BrFN6O2/c1-5-21(8-6-9-21)17-26-16(22)15-11-24-18(27-29(15)17)25-14-7-10-28(12-13(14)23)19(30)31-20(2,3)4/h11,13-14H,5-10,12H2,1-4H3,(H,25,27)/t13-,14-/m1/s1. The van der Waals surface area contributed by atoms with Crippen molar-refractivity contribution >= 4 is 33.5 Å². The fraction of sp³-hybridized carbons (Fsp3) is 0.714. The lowest BCUT2D eigenvalue weighted by Crippen LogP contribution is -2.51. The highest BCUT2D eigenvalue weighted by Crippen LogP contribution is 2.46. The van der Waals surface area contributed by atoms with Gasteiger partial charge in [-0.2, -0.15) is 0 Å². The monoisotopic (exact) mass is 496 g/mol. The number of halogens is 2. The van der Waals surface area contributed by atoms with Gasteiger partial charge in [0.25, 0.3) is 0 Å². The first-order valence-corrected chi connectivity index (χ1v) is 11.7. The van der Waals surface area contributed by atoms with Crippen molar-refractivity contribution in [1.29, 1.82) is 0 Å². The van der Waals surface area contributed by atoms with Gasteiger partial charge in [0.2, 0.25) is 5.95 Å². The third-order valence-corrected chi connectivity index (χ3v) is 6.90. The summed E-state index contributed by atoms with van der Waals surface area (Å²) in [5, 5.41) is 7.79.